The van der Waals surface area contributed by atoms with Gasteiger partial charge in [-0.05, 0) is 32.0 Å². The molecule has 1 fully saturated rings. The van der Waals surface area contributed by atoms with Crippen LogP contribution in [0.3, 0.4) is 0 Å². The van der Waals surface area contributed by atoms with Crippen LogP contribution in [0.1, 0.15) is 24.2 Å². The molecule has 0 saturated carbocycles. The van der Waals surface area contributed by atoms with E-state index >= 15 is 0 Å². The number of benzene rings is 1. The third kappa shape index (κ3) is 3.47. The second kappa shape index (κ2) is 6.64. The summed E-state index contributed by atoms with van der Waals surface area (Å²) in [5, 5.41) is 2.72. The van der Waals surface area contributed by atoms with Gasteiger partial charge in [-0.15, -0.1) is 0 Å². The van der Waals surface area contributed by atoms with E-state index in [9.17, 15) is 18.0 Å². The van der Waals surface area contributed by atoms with Crippen LogP contribution in [0.2, 0.25) is 0 Å². The van der Waals surface area contributed by atoms with Gasteiger partial charge >= 0.3 is 0 Å². The molecule has 3 rings (SSSR count). The van der Waals surface area contributed by atoms with Crippen LogP contribution >= 0.6 is 0 Å². The molecule has 0 bridgehead atoms. The van der Waals surface area contributed by atoms with E-state index in [1.54, 1.807) is 36.9 Å². The molecule has 0 radical (unpaired) electrons. The number of carbonyl (C=O) groups is 2. The first-order valence-corrected chi connectivity index (χ1v) is 9.81. The SMILES string of the molecule is CCS(=O)(=O)N1CCN(C(=O)c2ccc3c(c2)NC(=O)C(C)O3)CC1. The molecule has 1 unspecified atom stereocenters. The van der Waals surface area contributed by atoms with Gasteiger partial charge in [0, 0.05) is 31.7 Å². The summed E-state index contributed by atoms with van der Waals surface area (Å²) in [5.74, 6) is 0.145. The summed E-state index contributed by atoms with van der Waals surface area (Å²) in [6.45, 7) is 4.54. The minimum absolute atomic E-state index is 0.0594. The van der Waals surface area contributed by atoms with Crippen LogP contribution in [-0.4, -0.2) is 67.5 Å². The van der Waals surface area contributed by atoms with Gasteiger partial charge in [-0.2, -0.15) is 4.31 Å². The first-order valence-electron chi connectivity index (χ1n) is 8.20. The molecule has 2 heterocycles. The smallest absolute Gasteiger partial charge is 0.265 e. The van der Waals surface area contributed by atoms with E-state index in [-0.39, 0.29) is 17.6 Å². The first kappa shape index (κ1) is 17.7. The largest absolute Gasteiger partial charge is 0.479 e. The summed E-state index contributed by atoms with van der Waals surface area (Å²) < 4.78 is 30.7. The minimum atomic E-state index is -3.23. The van der Waals surface area contributed by atoms with Crippen molar-refractivity contribution >= 4 is 27.5 Å². The summed E-state index contributed by atoms with van der Waals surface area (Å²) in [4.78, 5) is 26.0. The summed E-state index contributed by atoms with van der Waals surface area (Å²) in [6.07, 6.45) is -0.567. The highest BCUT2D eigenvalue weighted by Gasteiger charge is 2.29. The van der Waals surface area contributed by atoms with E-state index in [0.29, 0.717) is 43.2 Å². The average molecular weight is 367 g/mol. The topological polar surface area (TPSA) is 96.0 Å². The van der Waals surface area contributed by atoms with Gasteiger partial charge < -0.3 is 15.0 Å². The molecular formula is C16H21N3O5S. The fourth-order valence-corrected chi connectivity index (χ4v) is 3.96. The maximum Gasteiger partial charge on any atom is 0.265 e. The Kier molecular flexibility index (Phi) is 4.70. The lowest BCUT2D eigenvalue weighted by Gasteiger charge is -2.34. The van der Waals surface area contributed by atoms with Gasteiger partial charge in [-0.1, -0.05) is 0 Å². The molecule has 0 spiro atoms. The molecule has 0 aliphatic carbocycles. The van der Waals surface area contributed by atoms with Crippen LogP contribution in [0.15, 0.2) is 18.2 Å². The molecule has 1 saturated heterocycles. The van der Waals surface area contributed by atoms with Crippen LogP contribution < -0.4 is 10.1 Å². The molecule has 1 aromatic carbocycles. The molecule has 25 heavy (non-hydrogen) atoms. The zero-order valence-corrected chi connectivity index (χ0v) is 15.0. The quantitative estimate of drug-likeness (QED) is 0.840. The number of ether oxygens (including phenoxy) is 1. The van der Waals surface area contributed by atoms with Crippen molar-refractivity contribution in [3.05, 3.63) is 23.8 Å². The van der Waals surface area contributed by atoms with Crippen molar-refractivity contribution in [3.8, 4) is 5.75 Å². The van der Waals surface area contributed by atoms with Gasteiger partial charge in [0.25, 0.3) is 11.8 Å². The number of sulfonamides is 1. The van der Waals surface area contributed by atoms with Crippen LogP contribution in [0, 0.1) is 0 Å². The summed E-state index contributed by atoms with van der Waals surface area (Å²) >= 11 is 0. The van der Waals surface area contributed by atoms with Gasteiger partial charge in [0.15, 0.2) is 6.10 Å². The fourth-order valence-electron chi connectivity index (χ4n) is 2.88. The normalized spacial score (nSPS) is 21.3. The van der Waals surface area contributed by atoms with Crippen LogP contribution in [0.4, 0.5) is 5.69 Å². The molecule has 136 valence electrons. The van der Waals surface area contributed by atoms with Crippen LogP contribution in [0.25, 0.3) is 0 Å². The molecule has 8 nitrogen and oxygen atoms in total. The van der Waals surface area contributed by atoms with E-state index in [4.69, 9.17) is 4.74 Å². The average Bonchev–Trinajstić information content (AvgIpc) is 2.62. The zero-order chi connectivity index (χ0) is 18.2. The highest BCUT2D eigenvalue weighted by molar-refractivity contribution is 7.89. The monoisotopic (exact) mass is 367 g/mol. The third-order valence-corrected chi connectivity index (χ3v) is 6.32. The lowest BCUT2D eigenvalue weighted by Crippen LogP contribution is -2.50. The minimum Gasteiger partial charge on any atom is -0.479 e. The zero-order valence-electron chi connectivity index (χ0n) is 14.2. The molecule has 2 aliphatic heterocycles. The van der Waals surface area contributed by atoms with Crippen molar-refractivity contribution < 1.29 is 22.7 Å². The van der Waals surface area contributed by atoms with Gasteiger partial charge in [0.1, 0.15) is 5.75 Å². The molecule has 1 atom stereocenters. The van der Waals surface area contributed by atoms with Crippen LogP contribution in [0.5, 0.6) is 5.75 Å². The molecule has 9 heteroatoms. The molecule has 2 amide bonds. The Morgan fingerprint density at radius 2 is 1.96 bits per heavy atom. The Morgan fingerprint density at radius 1 is 1.28 bits per heavy atom. The van der Waals surface area contributed by atoms with E-state index < -0.39 is 16.1 Å². The lowest BCUT2D eigenvalue weighted by molar-refractivity contribution is -0.122. The number of nitrogens with one attached hydrogen (secondary N) is 1. The van der Waals surface area contributed by atoms with E-state index in [1.807, 2.05) is 0 Å². The Labute approximate surface area is 146 Å². The summed E-state index contributed by atoms with van der Waals surface area (Å²) in [5.41, 5.74) is 0.908. The Balaban J connectivity index is 1.71. The van der Waals surface area contributed by atoms with E-state index in [2.05, 4.69) is 5.32 Å². The predicted molar refractivity (Wildman–Crippen MR) is 92.1 cm³/mol. The van der Waals surface area contributed by atoms with Gasteiger partial charge in [0.05, 0.1) is 11.4 Å². The number of amides is 2. The maximum atomic E-state index is 12.7. The maximum absolute atomic E-state index is 12.7. The van der Waals surface area contributed by atoms with Crippen molar-refractivity contribution in [2.45, 2.75) is 20.0 Å². The summed E-state index contributed by atoms with van der Waals surface area (Å²) in [7, 11) is -3.23. The van der Waals surface area contributed by atoms with Gasteiger partial charge in [-0.25, -0.2) is 8.42 Å². The Hall–Kier alpha value is -2.13. The standard InChI is InChI=1S/C16H21N3O5S/c1-3-25(22,23)19-8-6-18(7-9-19)16(21)12-4-5-14-13(10-12)17-15(20)11(2)24-14/h4-5,10-11H,3,6-9H2,1-2H3,(H,17,20). The number of carbonyl (C=O) groups excluding carboxylic acids is 2. The number of hydrogen-bond acceptors (Lipinski definition) is 5. The highest BCUT2D eigenvalue weighted by atomic mass is 32.2. The number of anilines is 1. The predicted octanol–water partition coefficient (Wildman–Crippen LogP) is 0.513. The van der Waals surface area contributed by atoms with E-state index in [0.717, 1.165) is 0 Å². The molecule has 0 aromatic heterocycles. The van der Waals surface area contributed by atoms with Crippen molar-refractivity contribution in [2.24, 2.45) is 0 Å². The third-order valence-electron chi connectivity index (χ3n) is 4.44. The first-order chi connectivity index (χ1) is 11.8. The van der Waals surface area contributed by atoms with Gasteiger partial charge in [-0.3, -0.25) is 9.59 Å². The van der Waals surface area contributed by atoms with Crippen molar-refractivity contribution in [3.63, 3.8) is 0 Å². The molecule has 1 aromatic rings. The van der Waals surface area contributed by atoms with Gasteiger partial charge in [0.2, 0.25) is 10.0 Å². The van der Waals surface area contributed by atoms with Crippen molar-refractivity contribution in [1.29, 1.82) is 0 Å². The Bertz CT molecular complexity index is 800. The molecule has 2 aliphatic rings. The Morgan fingerprint density at radius 3 is 2.60 bits per heavy atom. The molecule has 1 N–H and O–H groups in total. The number of rotatable bonds is 3. The number of piperazine rings is 1. The van der Waals surface area contributed by atoms with E-state index in [1.165, 1.54) is 4.31 Å². The summed E-state index contributed by atoms with van der Waals surface area (Å²) in [6, 6.07) is 4.91. The van der Waals surface area contributed by atoms with Crippen molar-refractivity contribution in [2.75, 3.05) is 37.2 Å². The lowest BCUT2D eigenvalue weighted by atomic mass is 10.1. The molecular weight excluding hydrogens is 346 g/mol. The highest BCUT2D eigenvalue weighted by Crippen LogP contribution is 2.30. The van der Waals surface area contributed by atoms with Crippen molar-refractivity contribution in [1.82, 2.24) is 9.21 Å². The number of nitrogens with zero attached hydrogens (tertiary/aromatic N) is 2. The van der Waals surface area contributed by atoms with Crippen LogP contribution in [-0.2, 0) is 14.8 Å². The fraction of sp³-hybridized carbons (Fsp3) is 0.500. The second-order valence-corrected chi connectivity index (χ2v) is 8.31. The second-order valence-electron chi connectivity index (χ2n) is 6.05. The number of hydrogen-bond donors (Lipinski definition) is 1. The number of fused-ring (bicyclic) bond motifs is 1.